The maximum Gasteiger partial charge on any atom is 0.255 e. The van der Waals surface area contributed by atoms with Crippen LogP contribution in [0.15, 0.2) is 52.9 Å². The number of benzene rings is 3. The van der Waals surface area contributed by atoms with Crippen molar-refractivity contribution in [1.29, 1.82) is 0 Å². The van der Waals surface area contributed by atoms with Crippen LogP contribution in [0, 0.1) is 0 Å². The molecule has 1 aromatic heterocycles. The summed E-state index contributed by atoms with van der Waals surface area (Å²) in [5.41, 5.74) is 3.96. The monoisotopic (exact) mass is 474 g/mol. The molecule has 5 nitrogen and oxygen atoms in total. The number of hydrogen-bond acceptors (Lipinski definition) is 4. The number of fused-ring (bicyclic) bond motifs is 1. The van der Waals surface area contributed by atoms with Gasteiger partial charge in [0.2, 0.25) is 5.89 Å². The lowest BCUT2D eigenvalue weighted by atomic mass is 10.1. The predicted molar refractivity (Wildman–Crippen MR) is 125 cm³/mol. The van der Waals surface area contributed by atoms with Gasteiger partial charge in [-0.15, -0.1) is 0 Å². The van der Waals surface area contributed by atoms with Gasteiger partial charge in [-0.3, -0.25) is 4.79 Å². The van der Waals surface area contributed by atoms with Crippen LogP contribution in [-0.4, -0.2) is 18.0 Å². The molecule has 3 aromatic carbocycles. The summed E-state index contributed by atoms with van der Waals surface area (Å²) in [4.78, 5) is 17.3. The average Bonchev–Trinajstić information content (AvgIpc) is 3.17. The Bertz CT molecular complexity index is 1280. The molecule has 1 heterocycles. The van der Waals surface area contributed by atoms with E-state index in [0.717, 1.165) is 17.5 Å². The van der Waals surface area contributed by atoms with E-state index in [2.05, 4.69) is 17.2 Å². The maximum absolute atomic E-state index is 12.7. The molecule has 0 aliphatic rings. The third kappa shape index (κ3) is 4.35. The van der Waals surface area contributed by atoms with E-state index in [1.807, 2.05) is 18.2 Å². The molecule has 0 atom stereocenters. The third-order valence-corrected chi connectivity index (χ3v) is 5.67. The smallest absolute Gasteiger partial charge is 0.255 e. The number of ether oxygens (including phenoxy) is 1. The van der Waals surface area contributed by atoms with Crippen LogP contribution in [0.4, 0.5) is 5.69 Å². The summed E-state index contributed by atoms with van der Waals surface area (Å²) in [5.74, 6) is 0.306. The number of anilines is 1. The molecule has 0 spiro atoms. The second-order valence-electron chi connectivity index (χ2n) is 6.80. The van der Waals surface area contributed by atoms with Crippen LogP contribution in [0.25, 0.3) is 22.6 Å². The average molecular weight is 476 g/mol. The number of rotatable bonds is 5. The molecule has 0 aliphatic carbocycles. The fourth-order valence-electron chi connectivity index (χ4n) is 3.16. The van der Waals surface area contributed by atoms with Crippen LogP contribution in [0.1, 0.15) is 22.8 Å². The van der Waals surface area contributed by atoms with Gasteiger partial charge in [0, 0.05) is 11.3 Å². The molecule has 8 heteroatoms. The first-order chi connectivity index (χ1) is 14.9. The minimum atomic E-state index is -0.384. The summed E-state index contributed by atoms with van der Waals surface area (Å²) in [6.45, 7) is 2.08. The number of oxazole rings is 1. The van der Waals surface area contributed by atoms with Gasteiger partial charge in [0.15, 0.2) is 11.3 Å². The Labute approximate surface area is 193 Å². The Hall–Kier alpha value is -2.73. The topological polar surface area (TPSA) is 64.4 Å². The summed E-state index contributed by atoms with van der Waals surface area (Å²) in [7, 11) is 1.46. The number of methoxy groups -OCH3 is 1. The molecule has 1 amide bonds. The van der Waals surface area contributed by atoms with Crippen molar-refractivity contribution in [2.75, 3.05) is 12.4 Å². The van der Waals surface area contributed by atoms with E-state index in [9.17, 15) is 4.79 Å². The van der Waals surface area contributed by atoms with Crippen molar-refractivity contribution >= 4 is 57.5 Å². The number of nitrogens with one attached hydrogen (secondary N) is 1. The highest BCUT2D eigenvalue weighted by Gasteiger charge is 2.16. The molecule has 0 fully saturated rings. The van der Waals surface area contributed by atoms with Crippen LogP contribution in [-0.2, 0) is 6.42 Å². The molecular formula is C23H17Cl3N2O3. The zero-order valence-corrected chi connectivity index (χ0v) is 18.9. The Balaban J connectivity index is 1.65. The van der Waals surface area contributed by atoms with Crippen molar-refractivity contribution in [3.8, 4) is 17.2 Å². The number of nitrogens with zero attached hydrogens (tertiary/aromatic N) is 1. The lowest BCUT2D eigenvalue weighted by Crippen LogP contribution is -2.12. The number of aryl methyl sites for hydroxylation is 1. The lowest BCUT2D eigenvalue weighted by Gasteiger charge is -2.10. The number of amides is 1. The second-order valence-corrected chi connectivity index (χ2v) is 8.02. The van der Waals surface area contributed by atoms with Gasteiger partial charge in [-0.25, -0.2) is 4.98 Å². The summed E-state index contributed by atoms with van der Waals surface area (Å²) in [5, 5.41) is 3.76. The van der Waals surface area contributed by atoms with Gasteiger partial charge in [-0.1, -0.05) is 47.8 Å². The molecule has 31 heavy (non-hydrogen) atoms. The number of carbonyl (C=O) groups is 1. The normalized spacial score (nSPS) is 11.0. The molecule has 0 radical (unpaired) electrons. The SMILES string of the molecule is CCc1ccc2oc(-c3cc(NC(=O)c4cc(Cl)c(OC)c(Cl)c4)ccc3Cl)nc2c1. The van der Waals surface area contributed by atoms with Crippen molar-refractivity contribution in [1.82, 2.24) is 4.98 Å². The molecule has 4 rings (SSSR count). The zero-order valence-electron chi connectivity index (χ0n) is 16.6. The summed E-state index contributed by atoms with van der Waals surface area (Å²) in [6, 6.07) is 13.9. The van der Waals surface area contributed by atoms with Crippen molar-refractivity contribution < 1.29 is 13.9 Å². The molecule has 0 aliphatic heterocycles. The minimum absolute atomic E-state index is 0.245. The Kier molecular flexibility index (Phi) is 6.10. The first-order valence-electron chi connectivity index (χ1n) is 9.43. The van der Waals surface area contributed by atoms with Crippen molar-refractivity contribution in [3.63, 3.8) is 0 Å². The highest BCUT2D eigenvalue weighted by molar-refractivity contribution is 6.38. The number of hydrogen-bond donors (Lipinski definition) is 1. The third-order valence-electron chi connectivity index (χ3n) is 4.78. The van der Waals surface area contributed by atoms with Crippen molar-refractivity contribution in [2.45, 2.75) is 13.3 Å². The van der Waals surface area contributed by atoms with Crippen molar-refractivity contribution in [2.24, 2.45) is 0 Å². The van der Waals surface area contributed by atoms with Crippen LogP contribution < -0.4 is 10.1 Å². The van der Waals surface area contributed by atoms with Gasteiger partial charge >= 0.3 is 0 Å². The highest BCUT2D eigenvalue weighted by Crippen LogP contribution is 2.35. The van der Waals surface area contributed by atoms with E-state index in [0.29, 0.717) is 39.1 Å². The quantitative estimate of drug-likeness (QED) is 0.329. The highest BCUT2D eigenvalue weighted by atomic mass is 35.5. The van der Waals surface area contributed by atoms with E-state index in [4.69, 9.17) is 44.0 Å². The molecular weight excluding hydrogens is 459 g/mol. The Morgan fingerprint density at radius 1 is 1.03 bits per heavy atom. The summed E-state index contributed by atoms with van der Waals surface area (Å²) in [6.07, 6.45) is 0.903. The van der Waals surface area contributed by atoms with E-state index < -0.39 is 0 Å². The summed E-state index contributed by atoms with van der Waals surface area (Å²) < 4.78 is 11.0. The van der Waals surface area contributed by atoms with Crippen molar-refractivity contribution in [3.05, 3.63) is 74.7 Å². The number of aromatic nitrogens is 1. The Morgan fingerprint density at radius 2 is 1.77 bits per heavy atom. The molecule has 158 valence electrons. The van der Waals surface area contributed by atoms with Gasteiger partial charge in [-0.05, 0) is 54.4 Å². The van der Waals surface area contributed by atoms with Gasteiger partial charge in [-0.2, -0.15) is 0 Å². The van der Waals surface area contributed by atoms with Gasteiger partial charge in [0.05, 0.1) is 27.7 Å². The van der Waals surface area contributed by atoms with Gasteiger partial charge in [0.25, 0.3) is 5.91 Å². The summed E-state index contributed by atoms with van der Waals surface area (Å²) >= 11 is 18.7. The van der Waals surface area contributed by atoms with E-state index in [-0.39, 0.29) is 16.0 Å². The Morgan fingerprint density at radius 3 is 2.45 bits per heavy atom. The maximum atomic E-state index is 12.7. The molecule has 0 saturated heterocycles. The molecule has 1 N–H and O–H groups in total. The number of halogens is 3. The van der Waals surface area contributed by atoms with Crippen LogP contribution in [0.5, 0.6) is 5.75 Å². The fourth-order valence-corrected chi connectivity index (χ4v) is 4.00. The lowest BCUT2D eigenvalue weighted by molar-refractivity contribution is 0.102. The second kappa shape index (κ2) is 8.79. The van der Waals surface area contributed by atoms with Gasteiger partial charge in [0.1, 0.15) is 5.52 Å². The van der Waals surface area contributed by atoms with Gasteiger partial charge < -0.3 is 14.5 Å². The zero-order chi connectivity index (χ0) is 22.1. The van der Waals surface area contributed by atoms with E-state index in [1.165, 1.54) is 19.2 Å². The minimum Gasteiger partial charge on any atom is -0.494 e. The molecule has 0 saturated carbocycles. The molecule has 0 bridgehead atoms. The fraction of sp³-hybridized carbons (Fsp3) is 0.130. The molecule has 4 aromatic rings. The van der Waals surface area contributed by atoms with E-state index >= 15 is 0 Å². The van der Waals surface area contributed by atoms with Crippen LogP contribution in [0.2, 0.25) is 15.1 Å². The van der Waals surface area contributed by atoms with Crippen LogP contribution in [0.3, 0.4) is 0 Å². The predicted octanol–water partition coefficient (Wildman–Crippen LogP) is 7.28. The first kappa shape index (κ1) is 21.5. The first-order valence-corrected chi connectivity index (χ1v) is 10.6. The largest absolute Gasteiger partial charge is 0.494 e. The standard InChI is InChI=1S/C23H17Cl3N2O3/c1-3-12-4-7-20-19(8-12)28-23(31-20)15-11-14(5-6-16(15)24)27-22(29)13-9-17(25)21(30-2)18(26)10-13/h4-11H,3H2,1-2H3,(H,27,29). The van der Waals surface area contributed by atoms with E-state index in [1.54, 1.807) is 18.2 Å². The molecule has 0 unspecified atom stereocenters. The number of carbonyl (C=O) groups excluding carboxylic acids is 1. The van der Waals surface area contributed by atoms with Crippen LogP contribution >= 0.6 is 34.8 Å².